The molecule has 28 heavy (non-hydrogen) atoms. The van der Waals surface area contributed by atoms with Gasteiger partial charge in [-0.2, -0.15) is 0 Å². The summed E-state index contributed by atoms with van der Waals surface area (Å²) in [7, 11) is -2.38. The van der Waals surface area contributed by atoms with E-state index in [-0.39, 0.29) is 16.0 Å². The van der Waals surface area contributed by atoms with Crippen LogP contribution >= 0.6 is 0 Å². The van der Waals surface area contributed by atoms with Crippen LogP contribution in [0, 0.1) is 0 Å². The molecule has 3 N–H and O–H groups in total. The normalized spacial score (nSPS) is 10.9. The number of H-pyrrole nitrogens is 1. The van der Waals surface area contributed by atoms with Crippen LogP contribution < -0.4 is 20.3 Å². The molecular formula is C19H17N3O5S. The van der Waals surface area contributed by atoms with Gasteiger partial charge in [-0.15, -0.1) is 0 Å². The van der Waals surface area contributed by atoms with Crippen LogP contribution in [0.25, 0.3) is 0 Å². The first kappa shape index (κ1) is 19.2. The van der Waals surface area contributed by atoms with Crippen molar-refractivity contribution in [3.8, 4) is 5.75 Å². The van der Waals surface area contributed by atoms with E-state index in [4.69, 9.17) is 4.74 Å². The molecule has 0 unspecified atom stereocenters. The predicted molar refractivity (Wildman–Crippen MR) is 105 cm³/mol. The van der Waals surface area contributed by atoms with Crippen molar-refractivity contribution in [1.29, 1.82) is 0 Å². The molecule has 0 fully saturated rings. The summed E-state index contributed by atoms with van der Waals surface area (Å²) < 4.78 is 32.8. The molecule has 3 rings (SSSR count). The first-order valence-electron chi connectivity index (χ1n) is 8.15. The third-order valence-corrected chi connectivity index (χ3v) is 5.20. The average molecular weight is 399 g/mol. The number of para-hydroxylation sites is 2. The molecule has 0 saturated carbocycles. The summed E-state index contributed by atoms with van der Waals surface area (Å²) in [5.41, 5.74) is 0.690. The molecule has 2 aromatic carbocycles. The second-order valence-corrected chi connectivity index (χ2v) is 7.41. The van der Waals surface area contributed by atoms with Gasteiger partial charge in [0.05, 0.1) is 23.3 Å². The molecule has 144 valence electrons. The van der Waals surface area contributed by atoms with Crippen LogP contribution in [0.2, 0.25) is 0 Å². The molecule has 0 saturated heterocycles. The molecule has 1 aromatic heterocycles. The van der Waals surface area contributed by atoms with Crippen LogP contribution in [0.1, 0.15) is 10.4 Å². The van der Waals surface area contributed by atoms with Gasteiger partial charge in [0, 0.05) is 18.0 Å². The van der Waals surface area contributed by atoms with Crippen LogP contribution in [-0.2, 0) is 10.0 Å². The number of anilines is 2. The van der Waals surface area contributed by atoms with Gasteiger partial charge >= 0.3 is 0 Å². The van der Waals surface area contributed by atoms with Crippen LogP contribution in [0.15, 0.2) is 76.6 Å². The SMILES string of the molecule is COc1ccccc1NS(=O)(=O)c1ccc(NC(=O)c2ccc(=O)[nH]c2)cc1. The van der Waals surface area contributed by atoms with Gasteiger partial charge < -0.3 is 15.0 Å². The Bertz CT molecular complexity index is 1130. The van der Waals surface area contributed by atoms with Gasteiger partial charge in [0.15, 0.2) is 0 Å². The Balaban J connectivity index is 1.75. The highest BCUT2D eigenvalue weighted by atomic mass is 32.2. The highest BCUT2D eigenvalue weighted by Crippen LogP contribution is 2.26. The lowest BCUT2D eigenvalue weighted by Gasteiger charge is -2.12. The van der Waals surface area contributed by atoms with Gasteiger partial charge in [0.2, 0.25) is 5.56 Å². The van der Waals surface area contributed by atoms with Crippen molar-refractivity contribution in [3.05, 3.63) is 82.8 Å². The molecule has 9 heteroatoms. The second kappa shape index (κ2) is 7.97. The van der Waals surface area contributed by atoms with Crippen molar-refractivity contribution in [2.75, 3.05) is 17.1 Å². The van der Waals surface area contributed by atoms with E-state index in [0.29, 0.717) is 17.1 Å². The van der Waals surface area contributed by atoms with Crippen molar-refractivity contribution in [2.24, 2.45) is 0 Å². The third kappa shape index (κ3) is 4.38. The minimum atomic E-state index is -3.83. The van der Waals surface area contributed by atoms with E-state index in [1.165, 1.54) is 49.7 Å². The molecule has 0 bridgehead atoms. The maximum atomic E-state index is 12.6. The molecule has 0 radical (unpaired) electrons. The van der Waals surface area contributed by atoms with E-state index in [1.807, 2.05) is 0 Å². The third-order valence-electron chi connectivity index (χ3n) is 3.82. The number of nitrogens with one attached hydrogen (secondary N) is 3. The number of amides is 1. The van der Waals surface area contributed by atoms with Crippen LogP contribution in [0.3, 0.4) is 0 Å². The number of hydrogen-bond acceptors (Lipinski definition) is 5. The fourth-order valence-corrected chi connectivity index (χ4v) is 3.48. The fraction of sp³-hybridized carbons (Fsp3) is 0.0526. The van der Waals surface area contributed by atoms with E-state index in [1.54, 1.807) is 24.3 Å². The molecule has 8 nitrogen and oxygen atoms in total. The second-order valence-electron chi connectivity index (χ2n) is 5.73. The minimum absolute atomic E-state index is 0.0282. The Morgan fingerprint density at radius 2 is 1.71 bits per heavy atom. The number of carbonyl (C=O) groups excluding carboxylic acids is 1. The van der Waals surface area contributed by atoms with E-state index in [0.717, 1.165) is 0 Å². The zero-order valence-electron chi connectivity index (χ0n) is 14.8. The fourth-order valence-electron chi connectivity index (χ4n) is 2.41. The number of hydrogen-bond donors (Lipinski definition) is 3. The number of rotatable bonds is 6. The van der Waals surface area contributed by atoms with Crippen molar-refractivity contribution < 1.29 is 17.9 Å². The number of carbonyl (C=O) groups is 1. The zero-order valence-corrected chi connectivity index (χ0v) is 15.6. The van der Waals surface area contributed by atoms with Crippen LogP contribution in [-0.4, -0.2) is 26.4 Å². The number of sulfonamides is 1. The lowest BCUT2D eigenvalue weighted by Crippen LogP contribution is -2.15. The first-order valence-corrected chi connectivity index (χ1v) is 9.63. The highest BCUT2D eigenvalue weighted by Gasteiger charge is 2.16. The first-order chi connectivity index (χ1) is 13.4. The Morgan fingerprint density at radius 1 is 1.00 bits per heavy atom. The van der Waals surface area contributed by atoms with Gasteiger partial charge in [0.1, 0.15) is 5.75 Å². The zero-order chi connectivity index (χ0) is 20.1. The molecule has 0 spiro atoms. The monoisotopic (exact) mass is 399 g/mol. The lowest BCUT2D eigenvalue weighted by molar-refractivity contribution is 0.102. The number of pyridine rings is 1. The summed E-state index contributed by atoms with van der Waals surface area (Å²) in [6, 6.07) is 15.0. The quantitative estimate of drug-likeness (QED) is 0.588. The summed E-state index contributed by atoms with van der Waals surface area (Å²) in [6.07, 6.45) is 1.30. The molecule has 0 aliphatic rings. The standard InChI is InChI=1S/C19H17N3O5S/c1-27-17-5-3-2-4-16(17)22-28(25,26)15-9-7-14(8-10-15)21-19(24)13-6-11-18(23)20-12-13/h2-12,22H,1H3,(H,20,23)(H,21,24). The number of ether oxygens (including phenoxy) is 1. The van der Waals surface area contributed by atoms with Gasteiger partial charge in [-0.25, -0.2) is 8.42 Å². The van der Waals surface area contributed by atoms with Crippen molar-refractivity contribution in [1.82, 2.24) is 4.98 Å². The maximum absolute atomic E-state index is 12.6. The molecule has 1 heterocycles. The van der Waals surface area contributed by atoms with Crippen molar-refractivity contribution in [2.45, 2.75) is 4.90 Å². The van der Waals surface area contributed by atoms with Gasteiger partial charge in [0.25, 0.3) is 15.9 Å². The topological polar surface area (TPSA) is 117 Å². The van der Waals surface area contributed by atoms with E-state index < -0.39 is 15.9 Å². The molecular weight excluding hydrogens is 382 g/mol. The highest BCUT2D eigenvalue weighted by molar-refractivity contribution is 7.92. The number of aromatic nitrogens is 1. The molecule has 0 aliphatic carbocycles. The smallest absolute Gasteiger partial charge is 0.262 e. The van der Waals surface area contributed by atoms with Crippen molar-refractivity contribution >= 4 is 27.3 Å². The van der Waals surface area contributed by atoms with Crippen LogP contribution in [0.4, 0.5) is 11.4 Å². The Labute approximate surface area is 161 Å². The van der Waals surface area contributed by atoms with E-state index in [2.05, 4.69) is 15.0 Å². The molecule has 3 aromatic rings. The summed E-state index contributed by atoms with van der Waals surface area (Å²) in [5.74, 6) is -0.0325. The maximum Gasteiger partial charge on any atom is 0.262 e. The predicted octanol–water partition coefficient (Wildman–Crippen LogP) is 2.44. The van der Waals surface area contributed by atoms with E-state index >= 15 is 0 Å². The van der Waals surface area contributed by atoms with Gasteiger partial charge in [-0.05, 0) is 42.5 Å². The van der Waals surface area contributed by atoms with Gasteiger partial charge in [-0.3, -0.25) is 14.3 Å². The summed E-state index contributed by atoms with van der Waals surface area (Å²) in [6.45, 7) is 0. The lowest BCUT2D eigenvalue weighted by atomic mass is 10.2. The minimum Gasteiger partial charge on any atom is -0.495 e. The van der Waals surface area contributed by atoms with Gasteiger partial charge in [-0.1, -0.05) is 12.1 Å². The molecule has 0 aliphatic heterocycles. The average Bonchev–Trinajstić information content (AvgIpc) is 2.69. The number of aromatic amines is 1. The summed E-state index contributed by atoms with van der Waals surface area (Å²) in [5, 5.41) is 2.63. The Morgan fingerprint density at radius 3 is 2.36 bits per heavy atom. The summed E-state index contributed by atoms with van der Waals surface area (Å²) >= 11 is 0. The Hall–Kier alpha value is -3.59. The van der Waals surface area contributed by atoms with Crippen LogP contribution in [0.5, 0.6) is 5.75 Å². The van der Waals surface area contributed by atoms with Crippen molar-refractivity contribution in [3.63, 3.8) is 0 Å². The number of benzene rings is 2. The molecule has 1 amide bonds. The number of methoxy groups -OCH3 is 1. The molecule has 0 atom stereocenters. The summed E-state index contributed by atoms with van der Waals surface area (Å²) in [4.78, 5) is 25.6. The van der Waals surface area contributed by atoms with E-state index in [9.17, 15) is 18.0 Å². The largest absolute Gasteiger partial charge is 0.495 e. The Kier molecular flexibility index (Phi) is 5.46.